The fraction of sp³-hybridized carbons (Fsp3) is 0.692. The van der Waals surface area contributed by atoms with Crippen LogP contribution in [-0.4, -0.2) is 21.6 Å². The van der Waals surface area contributed by atoms with Gasteiger partial charge in [0.15, 0.2) is 5.78 Å². The number of hydrogen-bond donors (Lipinski definition) is 1. The quantitative estimate of drug-likeness (QED) is 0.859. The van der Waals surface area contributed by atoms with Crippen molar-refractivity contribution < 1.29 is 4.79 Å². The van der Waals surface area contributed by atoms with Crippen LogP contribution in [0.1, 0.15) is 56.1 Å². The zero-order valence-electron chi connectivity index (χ0n) is 10.9. The molecule has 0 aromatic carbocycles. The molecule has 0 saturated heterocycles. The van der Waals surface area contributed by atoms with E-state index in [4.69, 9.17) is 17.3 Å². The van der Waals surface area contributed by atoms with Crippen LogP contribution in [0.5, 0.6) is 0 Å². The molecule has 100 valence electrons. The van der Waals surface area contributed by atoms with Crippen LogP contribution < -0.4 is 5.73 Å². The van der Waals surface area contributed by atoms with Gasteiger partial charge in [0.05, 0.1) is 11.2 Å². The molecule has 0 amide bonds. The second-order valence-corrected chi connectivity index (χ2v) is 5.76. The maximum Gasteiger partial charge on any atom is 0.185 e. The van der Waals surface area contributed by atoms with Gasteiger partial charge in [0.1, 0.15) is 5.69 Å². The Labute approximate surface area is 112 Å². The normalized spacial score (nSPS) is 24.5. The molecule has 1 aliphatic carbocycles. The first kappa shape index (κ1) is 13.6. The van der Waals surface area contributed by atoms with Crippen LogP contribution in [0, 0.1) is 5.92 Å². The van der Waals surface area contributed by atoms with E-state index in [2.05, 4.69) is 5.10 Å². The summed E-state index contributed by atoms with van der Waals surface area (Å²) >= 11 is 6.10. The molecule has 2 N–H and O–H groups in total. The van der Waals surface area contributed by atoms with Crippen molar-refractivity contribution in [2.45, 2.75) is 51.6 Å². The summed E-state index contributed by atoms with van der Waals surface area (Å²) in [6.07, 6.45) is 5.12. The minimum atomic E-state index is 0.0523. The van der Waals surface area contributed by atoms with Crippen LogP contribution in [0.2, 0.25) is 5.02 Å². The predicted molar refractivity (Wildman–Crippen MR) is 71.9 cm³/mol. The van der Waals surface area contributed by atoms with Crippen molar-refractivity contribution in [1.82, 2.24) is 9.78 Å². The molecular weight excluding hydrogens is 250 g/mol. The van der Waals surface area contributed by atoms with Crippen molar-refractivity contribution in [3.63, 3.8) is 0 Å². The van der Waals surface area contributed by atoms with E-state index in [-0.39, 0.29) is 23.8 Å². The number of nitrogens with two attached hydrogens (primary N) is 1. The van der Waals surface area contributed by atoms with Crippen molar-refractivity contribution >= 4 is 17.4 Å². The molecule has 0 unspecified atom stereocenters. The van der Waals surface area contributed by atoms with Crippen molar-refractivity contribution in [2.24, 2.45) is 11.7 Å². The highest BCUT2D eigenvalue weighted by Crippen LogP contribution is 2.29. The van der Waals surface area contributed by atoms with E-state index in [1.807, 2.05) is 13.8 Å². The van der Waals surface area contributed by atoms with Crippen LogP contribution in [0.3, 0.4) is 0 Å². The molecule has 4 nitrogen and oxygen atoms in total. The van der Waals surface area contributed by atoms with Crippen molar-refractivity contribution in [3.05, 3.63) is 16.9 Å². The van der Waals surface area contributed by atoms with E-state index in [0.29, 0.717) is 10.7 Å². The van der Waals surface area contributed by atoms with E-state index < -0.39 is 0 Å². The Morgan fingerprint density at radius 1 is 1.44 bits per heavy atom. The Balaban J connectivity index is 2.21. The third-order valence-electron chi connectivity index (χ3n) is 3.62. The molecule has 1 fully saturated rings. The first-order valence-corrected chi connectivity index (χ1v) is 6.91. The molecule has 0 aliphatic heterocycles. The Hall–Kier alpha value is -0.870. The average molecular weight is 270 g/mol. The summed E-state index contributed by atoms with van der Waals surface area (Å²) in [5.74, 6) is 0.176. The summed E-state index contributed by atoms with van der Waals surface area (Å²) in [6, 6.07) is 0.391. The maximum atomic E-state index is 12.5. The van der Waals surface area contributed by atoms with Gasteiger partial charge in [-0.05, 0) is 39.5 Å². The topological polar surface area (TPSA) is 60.9 Å². The Morgan fingerprint density at radius 2 is 2.06 bits per heavy atom. The van der Waals surface area contributed by atoms with Gasteiger partial charge in [0.2, 0.25) is 0 Å². The van der Waals surface area contributed by atoms with Gasteiger partial charge in [0.25, 0.3) is 0 Å². The molecule has 1 aromatic rings. The zero-order valence-corrected chi connectivity index (χ0v) is 11.7. The fourth-order valence-corrected chi connectivity index (χ4v) is 2.76. The molecule has 1 aliphatic rings. The third-order valence-corrected chi connectivity index (χ3v) is 3.89. The van der Waals surface area contributed by atoms with Crippen LogP contribution >= 0.6 is 11.6 Å². The largest absolute Gasteiger partial charge is 0.328 e. The Bertz CT molecular complexity index is 433. The highest BCUT2D eigenvalue weighted by atomic mass is 35.5. The van der Waals surface area contributed by atoms with Gasteiger partial charge in [-0.1, -0.05) is 11.6 Å². The van der Waals surface area contributed by atoms with E-state index in [1.54, 1.807) is 10.9 Å². The van der Waals surface area contributed by atoms with Gasteiger partial charge in [0, 0.05) is 18.0 Å². The summed E-state index contributed by atoms with van der Waals surface area (Å²) in [5.41, 5.74) is 6.43. The minimum absolute atomic E-state index is 0.0523. The summed E-state index contributed by atoms with van der Waals surface area (Å²) in [4.78, 5) is 12.5. The monoisotopic (exact) mass is 269 g/mol. The molecular formula is C13H20ClN3O. The molecule has 0 spiro atoms. The Morgan fingerprint density at radius 3 is 2.61 bits per heavy atom. The summed E-state index contributed by atoms with van der Waals surface area (Å²) in [5, 5.41) is 4.65. The lowest BCUT2D eigenvalue weighted by molar-refractivity contribution is 0.0871. The zero-order chi connectivity index (χ0) is 13.3. The SMILES string of the molecule is CC(C)n1ncc(Cl)c1C(=O)C1CCC(N)CC1. The van der Waals surface area contributed by atoms with Gasteiger partial charge in [-0.15, -0.1) is 0 Å². The minimum Gasteiger partial charge on any atom is -0.328 e. The standard InChI is InChI=1S/C13H20ClN3O/c1-8(2)17-12(11(14)7-16-17)13(18)9-3-5-10(15)6-4-9/h7-10H,3-6,15H2,1-2H3. The van der Waals surface area contributed by atoms with Gasteiger partial charge in [-0.2, -0.15) is 5.10 Å². The first-order chi connectivity index (χ1) is 8.50. The summed E-state index contributed by atoms with van der Waals surface area (Å²) < 4.78 is 1.72. The van der Waals surface area contributed by atoms with E-state index in [9.17, 15) is 4.79 Å². The number of aromatic nitrogens is 2. The smallest absolute Gasteiger partial charge is 0.185 e. The maximum absolute atomic E-state index is 12.5. The number of rotatable bonds is 3. The van der Waals surface area contributed by atoms with Crippen LogP contribution in [0.15, 0.2) is 6.20 Å². The number of halogens is 1. The van der Waals surface area contributed by atoms with Gasteiger partial charge in [-0.25, -0.2) is 0 Å². The van der Waals surface area contributed by atoms with Crippen molar-refractivity contribution in [1.29, 1.82) is 0 Å². The number of carbonyl (C=O) groups is 1. The number of carbonyl (C=O) groups excluding carboxylic acids is 1. The third kappa shape index (κ3) is 2.59. The van der Waals surface area contributed by atoms with Crippen LogP contribution in [0.25, 0.3) is 0 Å². The van der Waals surface area contributed by atoms with E-state index >= 15 is 0 Å². The van der Waals surface area contributed by atoms with E-state index in [0.717, 1.165) is 25.7 Å². The van der Waals surface area contributed by atoms with Crippen LogP contribution in [0.4, 0.5) is 0 Å². The number of hydrogen-bond acceptors (Lipinski definition) is 3. The molecule has 1 heterocycles. The second kappa shape index (κ2) is 5.41. The first-order valence-electron chi connectivity index (χ1n) is 6.53. The summed E-state index contributed by atoms with van der Waals surface area (Å²) in [6.45, 7) is 3.99. The molecule has 5 heteroatoms. The van der Waals surface area contributed by atoms with Crippen LogP contribution in [-0.2, 0) is 0 Å². The second-order valence-electron chi connectivity index (χ2n) is 5.36. The molecule has 1 saturated carbocycles. The number of ketones is 1. The molecule has 0 atom stereocenters. The molecule has 1 aromatic heterocycles. The Kier molecular flexibility index (Phi) is 4.07. The van der Waals surface area contributed by atoms with Crippen molar-refractivity contribution in [3.8, 4) is 0 Å². The molecule has 2 rings (SSSR count). The molecule has 0 radical (unpaired) electrons. The van der Waals surface area contributed by atoms with Gasteiger partial charge < -0.3 is 5.73 Å². The highest BCUT2D eigenvalue weighted by Gasteiger charge is 2.29. The predicted octanol–water partition coefficient (Wildman–Crippen LogP) is 2.82. The number of nitrogens with zero attached hydrogens (tertiary/aromatic N) is 2. The lowest BCUT2D eigenvalue weighted by atomic mass is 9.83. The molecule has 0 bridgehead atoms. The van der Waals surface area contributed by atoms with Gasteiger partial charge >= 0.3 is 0 Å². The highest BCUT2D eigenvalue weighted by molar-refractivity contribution is 6.33. The molecule has 18 heavy (non-hydrogen) atoms. The lowest BCUT2D eigenvalue weighted by Gasteiger charge is -2.25. The summed E-state index contributed by atoms with van der Waals surface area (Å²) in [7, 11) is 0. The van der Waals surface area contributed by atoms with Gasteiger partial charge in [-0.3, -0.25) is 9.48 Å². The average Bonchev–Trinajstić information content (AvgIpc) is 2.71. The van der Waals surface area contributed by atoms with E-state index in [1.165, 1.54) is 0 Å². The fourth-order valence-electron chi connectivity index (χ4n) is 2.54. The number of Topliss-reactive ketones (excluding diaryl/α,β-unsaturated/α-hetero) is 1. The van der Waals surface area contributed by atoms with Crippen molar-refractivity contribution in [2.75, 3.05) is 0 Å². The lowest BCUT2D eigenvalue weighted by Crippen LogP contribution is -2.31.